The molecule has 0 fully saturated rings. The van der Waals surface area contributed by atoms with E-state index in [1.165, 1.54) is 23.0 Å². The standard InChI is InChI=1S/C18H10ClFN6O2S/c19-17-16(25-29(27,28)14-3-1-13(20)2-4-14)7-11(9-22-17)15-5-6-26-18(24-15)12(8-21)10-23-26/h1-7,9-10,25H. The van der Waals surface area contributed by atoms with Crippen molar-refractivity contribution in [3.05, 3.63) is 71.5 Å². The molecule has 144 valence electrons. The van der Waals surface area contributed by atoms with Crippen molar-refractivity contribution >= 4 is 33.0 Å². The van der Waals surface area contributed by atoms with E-state index >= 15 is 0 Å². The molecule has 3 heterocycles. The molecule has 0 bridgehead atoms. The lowest BCUT2D eigenvalue weighted by atomic mass is 10.2. The first-order valence-corrected chi connectivity index (χ1v) is 9.92. The van der Waals surface area contributed by atoms with Crippen molar-refractivity contribution in [1.82, 2.24) is 19.6 Å². The molecule has 0 aliphatic carbocycles. The van der Waals surface area contributed by atoms with Crippen molar-refractivity contribution in [2.45, 2.75) is 4.90 Å². The third kappa shape index (κ3) is 3.61. The lowest BCUT2D eigenvalue weighted by molar-refractivity contribution is 0.599. The molecule has 0 amide bonds. The Labute approximate surface area is 169 Å². The molecule has 4 aromatic rings. The molecule has 0 aliphatic heterocycles. The van der Waals surface area contributed by atoms with Crippen LogP contribution in [0.2, 0.25) is 5.15 Å². The van der Waals surface area contributed by atoms with E-state index in [0.29, 0.717) is 22.5 Å². The van der Waals surface area contributed by atoms with Crippen molar-refractivity contribution in [2.24, 2.45) is 0 Å². The van der Waals surface area contributed by atoms with E-state index in [9.17, 15) is 12.8 Å². The van der Waals surface area contributed by atoms with Gasteiger partial charge in [-0.05, 0) is 36.4 Å². The van der Waals surface area contributed by atoms with Gasteiger partial charge >= 0.3 is 0 Å². The van der Waals surface area contributed by atoms with Crippen LogP contribution in [0.3, 0.4) is 0 Å². The first-order valence-electron chi connectivity index (χ1n) is 8.06. The summed E-state index contributed by atoms with van der Waals surface area (Å²) in [6.45, 7) is 0. The van der Waals surface area contributed by atoms with Crippen molar-refractivity contribution in [1.29, 1.82) is 5.26 Å². The zero-order chi connectivity index (χ0) is 20.6. The highest BCUT2D eigenvalue weighted by Gasteiger charge is 2.17. The molecule has 1 N–H and O–H groups in total. The molecule has 1 aromatic carbocycles. The van der Waals surface area contributed by atoms with E-state index in [1.54, 1.807) is 12.3 Å². The van der Waals surface area contributed by atoms with E-state index in [-0.39, 0.29) is 15.7 Å². The first kappa shape index (κ1) is 18.8. The summed E-state index contributed by atoms with van der Waals surface area (Å²) in [5, 5.41) is 13.1. The van der Waals surface area contributed by atoms with Crippen LogP contribution in [-0.2, 0) is 10.0 Å². The second-order valence-corrected chi connectivity index (χ2v) is 7.91. The minimum absolute atomic E-state index is 0.0316. The highest BCUT2D eigenvalue weighted by Crippen LogP contribution is 2.28. The molecule has 0 aliphatic rings. The van der Waals surface area contributed by atoms with Gasteiger partial charge in [0.15, 0.2) is 10.8 Å². The van der Waals surface area contributed by atoms with Crippen molar-refractivity contribution in [3.63, 3.8) is 0 Å². The minimum atomic E-state index is -4.01. The van der Waals surface area contributed by atoms with Gasteiger partial charge in [0.25, 0.3) is 10.0 Å². The van der Waals surface area contributed by atoms with Crippen molar-refractivity contribution in [3.8, 4) is 17.3 Å². The van der Waals surface area contributed by atoms with Crippen LogP contribution < -0.4 is 4.72 Å². The number of nitrogens with one attached hydrogen (secondary N) is 1. The maximum atomic E-state index is 13.1. The van der Waals surface area contributed by atoms with E-state index in [1.807, 2.05) is 6.07 Å². The molecule has 0 unspecified atom stereocenters. The van der Waals surface area contributed by atoms with Gasteiger partial charge in [-0.15, -0.1) is 0 Å². The smallest absolute Gasteiger partial charge is 0.261 e. The Kier molecular flexibility index (Phi) is 4.62. The third-order valence-corrected chi connectivity index (χ3v) is 5.68. The molecule has 0 spiro atoms. The van der Waals surface area contributed by atoms with E-state index in [4.69, 9.17) is 16.9 Å². The van der Waals surface area contributed by atoms with Gasteiger partial charge in [-0.3, -0.25) is 4.72 Å². The summed E-state index contributed by atoms with van der Waals surface area (Å²) >= 11 is 6.05. The summed E-state index contributed by atoms with van der Waals surface area (Å²) in [5.41, 5.74) is 1.60. The van der Waals surface area contributed by atoms with Crippen LogP contribution in [0.5, 0.6) is 0 Å². The summed E-state index contributed by atoms with van der Waals surface area (Å²) in [6.07, 6.45) is 4.45. The van der Waals surface area contributed by atoms with E-state index < -0.39 is 15.8 Å². The SMILES string of the molecule is N#Cc1cnn2ccc(-c3cnc(Cl)c(NS(=O)(=O)c4ccc(F)cc4)c3)nc12. The van der Waals surface area contributed by atoms with Crippen LogP contribution in [0.4, 0.5) is 10.1 Å². The molecule has 0 saturated heterocycles. The Balaban J connectivity index is 1.73. The van der Waals surface area contributed by atoms with Crippen molar-refractivity contribution < 1.29 is 12.8 Å². The number of nitrogens with zero attached hydrogens (tertiary/aromatic N) is 5. The number of sulfonamides is 1. The summed E-state index contributed by atoms with van der Waals surface area (Å²) in [4.78, 5) is 8.27. The van der Waals surface area contributed by atoms with Gasteiger partial charge in [-0.2, -0.15) is 10.4 Å². The molecule has 8 nitrogen and oxygen atoms in total. The minimum Gasteiger partial charge on any atom is -0.276 e. The molecule has 11 heteroatoms. The van der Waals surface area contributed by atoms with E-state index in [2.05, 4.69) is 19.8 Å². The zero-order valence-electron chi connectivity index (χ0n) is 14.4. The second-order valence-electron chi connectivity index (χ2n) is 5.87. The number of benzene rings is 1. The third-order valence-electron chi connectivity index (χ3n) is 3.99. The number of hydrogen-bond donors (Lipinski definition) is 1. The Morgan fingerprint density at radius 2 is 1.93 bits per heavy atom. The topological polar surface area (TPSA) is 113 Å². The van der Waals surface area contributed by atoms with Gasteiger partial charge < -0.3 is 0 Å². The fraction of sp³-hybridized carbons (Fsp3) is 0. The average Bonchev–Trinajstić information content (AvgIpc) is 3.12. The van der Waals surface area contributed by atoms with Crippen LogP contribution >= 0.6 is 11.6 Å². The number of fused-ring (bicyclic) bond motifs is 1. The summed E-state index contributed by atoms with van der Waals surface area (Å²) in [5.74, 6) is -0.552. The number of halogens is 2. The molecular weight excluding hydrogens is 419 g/mol. The lowest BCUT2D eigenvalue weighted by Gasteiger charge is -2.11. The van der Waals surface area contributed by atoms with Gasteiger partial charge in [-0.25, -0.2) is 27.3 Å². The monoisotopic (exact) mass is 428 g/mol. The van der Waals surface area contributed by atoms with Crippen LogP contribution in [0, 0.1) is 17.1 Å². The predicted octanol–water partition coefficient (Wildman–Crippen LogP) is 3.26. The quantitative estimate of drug-likeness (QED) is 0.499. The molecule has 29 heavy (non-hydrogen) atoms. The van der Waals surface area contributed by atoms with Crippen LogP contribution in [-0.4, -0.2) is 28.0 Å². The van der Waals surface area contributed by atoms with Gasteiger partial charge in [0.05, 0.1) is 22.5 Å². The molecular formula is C18H10ClFN6O2S. The van der Waals surface area contributed by atoms with Gasteiger partial charge in [0.2, 0.25) is 0 Å². The highest BCUT2D eigenvalue weighted by atomic mass is 35.5. The maximum Gasteiger partial charge on any atom is 0.261 e. The Morgan fingerprint density at radius 3 is 2.66 bits per heavy atom. The number of rotatable bonds is 4. The normalized spacial score (nSPS) is 11.3. The van der Waals surface area contributed by atoms with Crippen LogP contribution in [0.15, 0.2) is 59.9 Å². The maximum absolute atomic E-state index is 13.1. The summed E-state index contributed by atoms with van der Waals surface area (Å²) in [7, 11) is -4.01. The van der Waals surface area contributed by atoms with E-state index in [0.717, 1.165) is 24.3 Å². The Bertz CT molecular complexity index is 1380. The molecule has 3 aromatic heterocycles. The second kappa shape index (κ2) is 7.12. The summed E-state index contributed by atoms with van der Waals surface area (Å²) in [6, 6.07) is 9.48. The van der Waals surface area contributed by atoms with Crippen LogP contribution in [0.1, 0.15) is 5.56 Å². The first-order chi connectivity index (χ1) is 13.9. The molecule has 0 radical (unpaired) electrons. The van der Waals surface area contributed by atoms with Crippen molar-refractivity contribution in [2.75, 3.05) is 4.72 Å². The fourth-order valence-electron chi connectivity index (χ4n) is 2.59. The Hall–Kier alpha value is -3.55. The lowest BCUT2D eigenvalue weighted by Crippen LogP contribution is -2.13. The number of nitriles is 1. The molecule has 0 atom stereocenters. The zero-order valence-corrected chi connectivity index (χ0v) is 16.0. The van der Waals surface area contributed by atoms with Crippen LogP contribution in [0.25, 0.3) is 16.9 Å². The average molecular weight is 429 g/mol. The fourth-order valence-corrected chi connectivity index (χ4v) is 3.85. The summed E-state index contributed by atoms with van der Waals surface area (Å²) < 4.78 is 42.0. The van der Waals surface area contributed by atoms with Gasteiger partial charge in [0.1, 0.15) is 17.4 Å². The van der Waals surface area contributed by atoms with Gasteiger partial charge in [-0.1, -0.05) is 11.6 Å². The number of aromatic nitrogens is 4. The molecule has 4 rings (SSSR count). The number of pyridine rings is 1. The number of hydrogen-bond acceptors (Lipinski definition) is 6. The highest BCUT2D eigenvalue weighted by molar-refractivity contribution is 7.92. The number of anilines is 1. The predicted molar refractivity (Wildman–Crippen MR) is 103 cm³/mol. The Morgan fingerprint density at radius 1 is 1.17 bits per heavy atom. The van der Waals surface area contributed by atoms with Gasteiger partial charge in [0, 0.05) is 18.0 Å². The molecule has 0 saturated carbocycles. The largest absolute Gasteiger partial charge is 0.276 e.